The van der Waals surface area contributed by atoms with Crippen molar-refractivity contribution in [3.8, 4) is 17.6 Å². The average molecular weight is 568 g/mol. The Morgan fingerprint density at radius 1 is 1.05 bits per heavy atom. The second-order valence-corrected chi connectivity index (χ2v) is 13.5. The molecule has 0 bridgehead atoms. The molecule has 0 saturated heterocycles. The predicted molar refractivity (Wildman–Crippen MR) is 152 cm³/mol. The fraction of sp³-hybridized carbons (Fsp3) is 0.379. The minimum Gasteiger partial charge on any atom is -0.454 e. The van der Waals surface area contributed by atoms with E-state index in [0.717, 1.165) is 16.0 Å². The van der Waals surface area contributed by atoms with Crippen LogP contribution in [0.5, 0.6) is 11.5 Å². The summed E-state index contributed by atoms with van der Waals surface area (Å²) in [5.74, 6) is 1.35. The van der Waals surface area contributed by atoms with Crippen LogP contribution in [0, 0.1) is 30.1 Å². The number of thiophene rings is 1. The largest absolute Gasteiger partial charge is 0.454 e. The summed E-state index contributed by atoms with van der Waals surface area (Å²) in [5, 5.41) is 13.1. The number of nitrogens with one attached hydrogen (secondary N) is 1. The van der Waals surface area contributed by atoms with Gasteiger partial charge in [0.05, 0.1) is 10.5 Å². The van der Waals surface area contributed by atoms with Gasteiger partial charge in [0.15, 0.2) is 11.5 Å². The Hall–Kier alpha value is -3.39. The number of rotatable bonds is 10. The molecule has 0 aliphatic carbocycles. The third-order valence-electron chi connectivity index (χ3n) is 6.28. The Balaban J connectivity index is 1.51. The first kappa shape index (κ1) is 28.6. The zero-order chi connectivity index (χ0) is 28.3. The number of hydrogen-bond donors (Lipinski definition) is 1. The molecule has 0 saturated carbocycles. The van der Waals surface area contributed by atoms with Gasteiger partial charge in [-0.05, 0) is 66.3 Å². The van der Waals surface area contributed by atoms with E-state index in [1.165, 1.54) is 39.9 Å². The summed E-state index contributed by atoms with van der Waals surface area (Å²) in [6.07, 6.45) is 0.577. The maximum absolute atomic E-state index is 13.3. The molecule has 1 aromatic heterocycles. The molecule has 1 amide bonds. The van der Waals surface area contributed by atoms with E-state index in [-0.39, 0.29) is 23.5 Å². The topological polar surface area (TPSA) is 109 Å². The van der Waals surface area contributed by atoms with Crippen molar-refractivity contribution in [1.82, 2.24) is 4.31 Å². The zero-order valence-corrected chi connectivity index (χ0v) is 24.4. The number of carbonyl (C=O) groups excluding carboxylic acids is 1. The average Bonchev–Trinajstić information content (AvgIpc) is 3.46. The van der Waals surface area contributed by atoms with E-state index in [2.05, 4.69) is 11.4 Å². The van der Waals surface area contributed by atoms with Crippen LogP contribution in [-0.4, -0.2) is 38.5 Å². The Morgan fingerprint density at radius 2 is 1.69 bits per heavy atom. The predicted octanol–water partition coefficient (Wildman–Crippen LogP) is 5.80. The molecule has 0 fully saturated rings. The van der Waals surface area contributed by atoms with Crippen LogP contribution >= 0.6 is 11.3 Å². The number of nitrogens with zero attached hydrogens (tertiary/aromatic N) is 2. The summed E-state index contributed by atoms with van der Waals surface area (Å²) in [4.78, 5) is 14.2. The lowest BCUT2D eigenvalue weighted by Gasteiger charge is -2.25. The highest BCUT2D eigenvalue weighted by molar-refractivity contribution is 7.89. The quantitative estimate of drug-likeness (QED) is 0.332. The second-order valence-electron chi connectivity index (χ2n) is 10.4. The van der Waals surface area contributed by atoms with Gasteiger partial charge in [0.1, 0.15) is 11.1 Å². The molecule has 1 N–H and O–H groups in total. The van der Waals surface area contributed by atoms with E-state index in [4.69, 9.17) is 9.47 Å². The summed E-state index contributed by atoms with van der Waals surface area (Å²) in [7, 11) is -3.70. The van der Waals surface area contributed by atoms with Crippen molar-refractivity contribution in [2.75, 3.05) is 25.2 Å². The van der Waals surface area contributed by atoms with Gasteiger partial charge in [-0.25, -0.2) is 8.42 Å². The highest BCUT2D eigenvalue weighted by atomic mass is 32.2. The summed E-state index contributed by atoms with van der Waals surface area (Å²) >= 11 is 1.36. The van der Waals surface area contributed by atoms with Crippen LogP contribution in [0.2, 0.25) is 0 Å². The fourth-order valence-corrected chi connectivity index (χ4v) is 7.33. The molecule has 3 aromatic rings. The van der Waals surface area contributed by atoms with E-state index in [1.54, 1.807) is 0 Å². The Kier molecular flexibility index (Phi) is 8.64. The van der Waals surface area contributed by atoms with Gasteiger partial charge in [0.25, 0.3) is 5.91 Å². The SMILES string of the molecule is Cc1c(Cc2ccc3c(c2)OCO3)sc(NC(=O)c2ccc(S(=O)(=O)N(CC(C)C)CC(C)C)cc2)c1C#N. The number of hydrogen-bond acceptors (Lipinski definition) is 7. The molecule has 0 unspecified atom stereocenters. The molecule has 4 rings (SSSR count). The molecule has 8 nitrogen and oxygen atoms in total. The van der Waals surface area contributed by atoms with Crippen LogP contribution in [0.3, 0.4) is 0 Å². The molecule has 1 aliphatic heterocycles. The van der Waals surface area contributed by atoms with Crippen molar-refractivity contribution in [3.63, 3.8) is 0 Å². The van der Waals surface area contributed by atoms with Crippen LogP contribution < -0.4 is 14.8 Å². The monoisotopic (exact) mass is 567 g/mol. The number of carbonyl (C=O) groups is 1. The minimum atomic E-state index is -3.70. The smallest absolute Gasteiger partial charge is 0.256 e. The normalized spacial score (nSPS) is 12.8. The van der Waals surface area contributed by atoms with Gasteiger partial charge in [-0.2, -0.15) is 9.57 Å². The van der Waals surface area contributed by atoms with Gasteiger partial charge < -0.3 is 14.8 Å². The number of nitriles is 1. The maximum atomic E-state index is 13.3. The van der Waals surface area contributed by atoms with Crippen molar-refractivity contribution in [1.29, 1.82) is 5.26 Å². The van der Waals surface area contributed by atoms with Crippen molar-refractivity contribution >= 4 is 32.3 Å². The summed E-state index contributed by atoms with van der Waals surface area (Å²) in [6, 6.07) is 13.9. The summed E-state index contributed by atoms with van der Waals surface area (Å²) in [6.45, 7) is 10.9. The third kappa shape index (κ3) is 6.44. The molecular formula is C29H33N3O5S2. The molecule has 0 atom stereocenters. The number of benzene rings is 2. The maximum Gasteiger partial charge on any atom is 0.256 e. The van der Waals surface area contributed by atoms with Crippen molar-refractivity contribution in [2.24, 2.45) is 11.8 Å². The summed E-state index contributed by atoms with van der Waals surface area (Å²) in [5.41, 5.74) is 2.54. The van der Waals surface area contributed by atoms with Gasteiger partial charge in [-0.1, -0.05) is 33.8 Å². The van der Waals surface area contributed by atoms with Crippen molar-refractivity contribution in [2.45, 2.75) is 45.9 Å². The van der Waals surface area contributed by atoms with E-state index in [1.807, 2.05) is 52.8 Å². The van der Waals surface area contributed by atoms with Crippen LogP contribution in [0.25, 0.3) is 0 Å². The van der Waals surface area contributed by atoms with Gasteiger partial charge in [-0.3, -0.25) is 4.79 Å². The lowest BCUT2D eigenvalue weighted by atomic mass is 10.1. The zero-order valence-electron chi connectivity index (χ0n) is 22.8. The summed E-state index contributed by atoms with van der Waals surface area (Å²) < 4.78 is 38.9. The van der Waals surface area contributed by atoms with E-state index >= 15 is 0 Å². The number of ether oxygens (including phenoxy) is 2. The number of sulfonamides is 1. The van der Waals surface area contributed by atoms with Crippen LogP contribution in [0.1, 0.15) is 59.6 Å². The Morgan fingerprint density at radius 3 is 2.31 bits per heavy atom. The van der Waals surface area contributed by atoms with Gasteiger partial charge in [-0.15, -0.1) is 11.3 Å². The first-order chi connectivity index (χ1) is 18.5. The van der Waals surface area contributed by atoms with Crippen LogP contribution in [-0.2, 0) is 16.4 Å². The van der Waals surface area contributed by atoms with Crippen molar-refractivity contribution < 1.29 is 22.7 Å². The molecule has 0 radical (unpaired) electrons. The molecule has 39 heavy (non-hydrogen) atoms. The first-order valence-corrected chi connectivity index (χ1v) is 15.1. The van der Waals surface area contributed by atoms with Crippen LogP contribution in [0.4, 0.5) is 5.00 Å². The van der Waals surface area contributed by atoms with Crippen molar-refractivity contribution in [3.05, 3.63) is 69.6 Å². The first-order valence-electron chi connectivity index (χ1n) is 12.8. The number of amides is 1. The third-order valence-corrected chi connectivity index (χ3v) is 9.33. The molecule has 2 aromatic carbocycles. The fourth-order valence-electron chi connectivity index (χ4n) is 4.38. The molecule has 0 spiro atoms. The van der Waals surface area contributed by atoms with E-state index < -0.39 is 15.9 Å². The Labute approximate surface area is 234 Å². The highest BCUT2D eigenvalue weighted by Crippen LogP contribution is 2.37. The molecule has 2 heterocycles. The number of anilines is 1. The molecule has 1 aliphatic rings. The van der Waals surface area contributed by atoms with Gasteiger partial charge in [0.2, 0.25) is 16.8 Å². The number of fused-ring (bicyclic) bond motifs is 1. The van der Waals surface area contributed by atoms with E-state index in [0.29, 0.717) is 47.1 Å². The Bertz CT molecular complexity index is 1490. The minimum absolute atomic E-state index is 0.149. The second kappa shape index (κ2) is 11.8. The van der Waals surface area contributed by atoms with E-state index in [9.17, 15) is 18.5 Å². The lowest BCUT2D eigenvalue weighted by molar-refractivity contribution is 0.102. The van der Waals surface area contributed by atoms with Crippen LogP contribution in [0.15, 0.2) is 47.4 Å². The standard InChI is InChI=1S/C29H33N3O5S2/c1-18(2)15-32(16-19(3)4)39(34,35)23-9-7-22(8-10-23)28(33)31-29-24(14-30)20(5)27(38-29)13-21-6-11-25-26(12-21)37-17-36-25/h6-12,18-19H,13,15-17H2,1-5H3,(H,31,33). The molecular weight excluding hydrogens is 534 g/mol. The molecule has 10 heteroatoms. The lowest BCUT2D eigenvalue weighted by Crippen LogP contribution is -2.37. The molecule has 206 valence electrons. The highest BCUT2D eigenvalue weighted by Gasteiger charge is 2.26. The van der Waals surface area contributed by atoms with Gasteiger partial charge in [0, 0.05) is 30.0 Å². The van der Waals surface area contributed by atoms with Gasteiger partial charge >= 0.3 is 0 Å².